The Morgan fingerprint density at radius 2 is 0.860 bits per heavy atom. The number of hydrogen-bond donors (Lipinski definition) is 0. The van der Waals surface area contributed by atoms with Gasteiger partial charge in [-0.25, -0.2) is 0 Å². The van der Waals surface area contributed by atoms with E-state index < -0.39 is 16.9 Å². The van der Waals surface area contributed by atoms with Gasteiger partial charge in [-0.05, 0) is 83.7 Å². The van der Waals surface area contributed by atoms with Crippen molar-refractivity contribution in [2.45, 2.75) is 0 Å². The van der Waals surface area contributed by atoms with E-state index in [1.165, 1.54) is 86.1 Å². The maximum atomic E-state index is 2.45. The number of para-hydroxylation sites is 1. The molecule has 0 bridgehead atoms. The van der Waals surface area contributed by atoms with Crippen LogP contribution in [-0.2, 0) is 0 Å². The third-order valence-electron chi connectivity index (χ3n) is 12.0. The Labute approximate surface area is 336 Å². The minimum atomic E-state index is -2.63. The molecule has 2 heterocycles. The first-order valence-electron chi connectivity index (χ1n) is 19.8. The van der Waals surface area contributed by atoms with Crippen molar-refractivity contribution < 1.29 is 0 Å². The van der Waals surface area contributed by atoms with Crippen LogP contribution < -0.4 is 36.3 Å². The van der Waals surface area contributed by atoms with Crippen LogP contribution in [0.15, 0.2) is 231 Å². The molecular weight excluding hydrogens is 719 g/mol. The summed E-state index contributed by atoms with van der Waals surface area (Å²) < 4.78 is 2.45. The Morgan fingerprint density at radius 3 is 1.53 bits per heavy atom. The summed E-state index contributed by atoms with van der Waals surface area (Å²) in [4.78, 5) is 0. The van der Waals surface area contributed by atoms with Gasteiger partial charge in [0, 0.05) is 16.5 Å². The van der Waals surface area contributed by atoms with Crippen molar-refractivity contribution in [1.29, 1.82) is 0 Å². The van der Waals surface area contributed by atoms with Crippen molar-refractivity contribution in [3.8, 4) is 27.9 Å². The molecule has 11 rings (SSSR count). The fourth-order valence-corrected chi connectivity index (χ4v) is 17.3. The minimum absolute atomic E-state index is 1.11. The Morgan fingerprint density at radius 1 is 0.351 bits per heavy atom. The second kappa shape index (κ2) is 13.8. The summed E-state index contributed by atoms with van der Waals surface area (Å²) in [7, 11) is -3.74. The first kappa shape index (κ1) is 33.5. The Kier molecular flexibility index (Phi) is 8.09. The number of rotatable bonds is 7. The summed E-state index contributed by atoms with van der Waals surface area (Å²) in [5.41, 5.74) is 8.94. The summed E-state index contributed by atoms with van der Waals surface area (Å²) in [6.45, 7) is 0. The highest BCUT2D eigenvalue weighted by Crippen LogP contribution is 2.38. The molecule has 0 atom stereocenters. The highest BCUT2D eigenvalue weighted by Gasteiger charge is 2.41. The Hall–Kier alpha value is -6.79. The molecule has 9 aromatic carbocycles. The van der Waals surface area contributed by atoms with E-state index in [0.29, 0.717) is 0 Å². The van der Waals surface area contributed by atoms with Crippen LogP contribution in [0.2, 0.25) is 0 Å². The van der Waals surface area contributed by atoms with Crippen molar-refractivity contribution in [2.75, 3.05) is 0 Å². The Balaban J connectivity index is 1.07. The number of benzene rings is 9. The van der Waals surface area contributed by atoms with Crippen molar-refractivity contribution in [1.82, 2.24) is 4.57 Å². The molecule has 1 nitrogen and oxygen atoms in total. The predicted molar refractivity (Wildman–Crippen MR) is 246 cm³/mol. The zero-order valence-electron chi connectivity index (χ0n) is 31.4. The van der Waals surface area contributed by atoms with Gasteiger partial charge in [0.25, 0.3) is 0 Å². The van der Waals surface area contributed by atoms with Crippen LogP contribution >= 0.6 is 0 Å². The summed E-state index contributed by atoms with van der Waals surface area (Å²) in [6.07, 6.45) is 0. The average molecular weight is 757 g/mol. The molecule has 0 saturated carbocycles. The molecule has 57 heavy (non-hydrogen) atoms. The average Bonchev–Trinajstić information content (AvgIpc) is 3.81. The summed E-state index contributed by atoms with van der Waals surface area (Å²) in [5.74, 6) is 0. The minimum Gasteiger partial charge on any atom is -0.309 e. The van der Waals surface area contributed by atoms with Crippen molar-refractivity contribution in [3.63, 3.8) is 0 Å². The van der Waals surface area contributed by atoms with Crippen LogP contribution in [0.5, 0.6) is 0 Å². The van der Waals surface area contributed by atoms with Gasteiger partial charge in [0.2, 0.25) is 0 Å². The maximum absolute atomic E-state index is 2.63. The normalized spacial score (nSPS) is 12.5. The molecule has 0 saturated heterocycles. The molecule has 1 aromatic heterocycles. The molecule has 10 aromatic rings. The van der Waals surface area contributed by atoms with Crippen molar-refractivity contribution >= 4 is 75.0 Å². The molecule has 3 heteroatoms. The van der Waals surface area contributed by atoms with Crippen LogP contribution in [0.1, 0.15) is 0 Å². The van der Waals surface area contributed by atoms with E-state index in [4.69, 9.17) is 0 Å². The molecule has 0 amide bonds. The lowest BCUT2D eigenvalue weighted by Crippen LogP contribution is -2.74. The van der Waals surface area contributed by atoms with Gasteiger partial charge in [0.1, 0.15) is 0 Å². The van der Waals surface area contributed by atoms with E-state index in [-0.39, 0.29) is 0 Å². The van der Waals surface area contributed by atoms with Gasteiger partial charge in [0.15, 0.2) is 16.9 Å². The van der Waals surface area contributed by atoms with Gasteiger partial charge in [-0.2, -0.15) is 0 Å². The Bertz CT molecular complexity index is 2950. The molecule has 1 aliphatic rings. The molecule has 1 aliphatic heterocycles. The molecule has 0 aliphatic carbocycles. The summed E-state index contributed by atoms with van der Waals surface area (Å²) in [6, 6.07) is 86.2. The number of aromatic nitrogens is 1. The molecule has 0 N–H and O–H groups in total. The fourth-order valence-electron chi connectivity index (χ4n) is 9.61. The zero-order valence-corrected chi connectivity index (χ0v) is 33.4. The van der Waals surface area contributed by atoms with E-state index >= 15 is 0 Å². The third-order valence-corrected chi connectivity index (χ3v) is 19.7. The fraction of sp³-hybridized carbons (Fsp3) is 0. The van der Waals surface area contributed by atoms with Crippen LogP contribution in [0, 0.1) is 0 Å². The van der Waals surface area contributed by atoms with E-state index in [2.05, 4.69) is 235 Å². The highest BCUT2D eigenvalue weighted by atomic mass is 28.3. The van der Waals surface area contributed by atoms with Crippen LogP contribution in [-0.4, -0.2) is 21.4 Å². The maximum Gasteiger partial charge on any atom is 0.179 e. The largest absolute Gasteiger partial charge is 0.309 e. The van der Waals surface area contributed by atoms with Gasteiger partial charge in [0.05, 0.1) is 11.0 Å². The van der Waals surface area contributed by atoms with E-state index in [1.807, 2.05) is 0 Å². The second-order valence-electron chi connectivity index (χ2n) is 15.0. The number of hydrogen-bond acceptors (Lipinski definition) is 0. The molecule has 1 radical (unpaired) electrons. The number of nitrogens with zero attached hydrogens (tertiary/aromatic N) is 1. The van der Waals surface area contributed by atoms with E-state index in [9.17, 15) is 0 Å². The number of fused-ring (bicyclic) bond motifs is 6. The van der Waals surface area contributed by atoms with Crippen LogP contribution in [0.4, 0.5) is 0 Å². The van der Waals surface area contributed by atoms with Crippen molar-refractivity contribution in [3.05, 3.63) is 231 Å². The zero-order chi connectivity index (χ0) is 37.8. The lowest BCUT2D eigenvalue weighted by atomic mass is 9.94. The van der Waals surface area contributed by atoms with Gasteiger partial charge >= 0.3 is 0 Å². The van der Waals surface area contributed by atoms with E-state index in [1.54, 1.807) is 0 Å². The molecular formula is C54H38NSi2. The van der Waals surface area contributed by atoms with Gasteiger partial charge in [-0.1, -0.05) is 205 Å². The second-order valence-corrected chi connectivity index (χ2v) is 21.2. The van der Waals surface area contributed by atoms with Gasteiger partial charge in [-0.3, -0.25) is 0 Å². The lowest BCUT2D eigenvalue weighted by molar-refractivity contribution is 1.18. The molecule has 0 fully saturated rings. The predicted octanol–water partition coefficient (Wildman–Crippen LogP) is 8.32. The highest BCUT2D eigenvalue weighted by molar-refractivity contribution is 7.19. The molecule has 267 valence electrons. The van der Waals surface area contributed by atoms with Crippen molar-refractivity contribution in [2.24, 2.45) is 0 Å². The smallest absolute Gasteiger partial charge is 0.179 e. The lowest BCUT2D eigenvalue weighted by Gasteiger charge is -2.34. The topological polar surface area (TPSA) is 4.93 Å². The van der Waals surface area contributed by atoms with E-state index in [0.717, 1.165) is 0 Å². The standard InChI is InChI=1S/C54H38NSi2/c1-5-18-41(19-6-1)56-52-30-16-14-27-48(52)54-46(28-17-31-53(54)56)39-32-37-51-49(38-39)47-26-13-15-29-50(47)55(51)40-33-35-45(36-34-40)57(42-20-7-2-8-21-42,43-22-9-3-10-23-43)44-24-11-4-12-25-44/h1-38H. The van der Waals surface area contributed by atoms with Crippen LogP contribution in [0.3, 0.4) is 0 Å². The third kappa shape index (κ3) is 5.27. The SMILES string of the molecule is c1ccc([Si]2c3ccccc3-c3c(-c4ccc5c(c4)c4ccccc4n5-c4ccc([Si](c5ccccc5)(c5ccccc5)c5ccccc5)cc4)cccc32)cc1. The quantitative estimate of drug-likeness (QED) is 0.114. The first-order valence-corrected chi connectivity index (χ1v) is 23.3. The summed E-state index contributed by atoms with van der Waals surface area (Å²) in [5, 5.41) is 12.4. The summed E-state index contributed by atoms with van der Waals surface area (Å²) >= 11 is 0. The van der Waals surface area contributed by atoms with Crippen LogP contribution in [0.25, 0.3) is 49.7 Å². The first-order chi connectivity index (χ1) is 28.3. The van der Waals surface area contributed by atoms with Gasteiger partial charge in [-0.15, -0.1) is 0 Å². The van der Waals surface area contributed by atoms with Gasteiger partial charge < -0.3 is 4.57 Å². The monoisotopic (exact) mass is 756 g/mol. The molecule has 0 unspecified atom stereocenters. The molecule has 0 spiro atoms.